The summed E-state index contributed by atoms with van der Waals surface area (Å²) in [6.45, 7) is 7.22. The lowest BCUT2D eigenvalue weighted by molar-refractivity contribution is 0.0496. The average molecular weight is 465 g/mol. The molecule has 0 radical (unpaired) electrons. The number of Topliss-reactive ketones (excluding diaryl/α,β-unsaturated/α-hetero) is 1. The molecular weight excluding hydrogens is 436 g/mol. The first-order valence-electron chi connectivity index (χ1n) is 10.6. The number of aromatic hydroxyl groups is 4. The number of phenolic OH excluding ortho intramolecular Hbond substituents is 4. The lowest BCUT2D eigenvalue weighted by atomic mass is 9.85. The van der Waals surface area contributed by atoms with Gasteiger partial charge in [0, 0.05) is 11.1 Å². The van der Waals surface area contributed by atoms with Gasteiger partial charge in [0.25, 0.3) is 0 Å². The van der Waals surface area contributed by atoms with E-state index >= 15 is 0 Å². The first-order chi connectivity index (χ1) is 15.0. The zero-order valence-electron chi connectivity index (χ0n) is 18.9. The summed E-state index contributed by atoms with van der Waals surface area (Å²) in [6, 6.07) is 0. The van der Waals surface area contributed by atoms with Gasteiger partial charge in [0.2, 0.25) is 0 Å². The number of benzene rings is 2. The third kappa shape index (κ3) is 3.58. The van der Waals surface area contributed by atoms with Crippen molar-refractivity contribution in [1.29, 1.82) is 0 Å². The smallest absolute Gasteiger partial charge is 0.174 e. The molecule has 2 aromatic rings. The minimum atomic E-state index is -0.899. The highest BCUT2D eigenvalue weighted by Gasteiger charge is 2.42. The summed E-state index contributed by atoms with van der Waals surface area (Å²) < 4.78 is 11.6. The van der Waals surface area contributed by atoms with Gasteiger partial charge in [-0.1, -0.05) is 31.9 Å². The minimum Gasteiger partial charge on any atom is -0.507 e. The van der Waals surface area contributed by atoms with E-state index in [4.69, 9.17) is 21.1 Å². The van der Waals surface area contributed by atoms with E-state index in [1.807, 2.05) is 13.8 Å². The number of carbonyl (C=O) groups excluding carboxylic acids is 1. The highest BCUT2D eigenvalue weighted by molar-refractivity contribution is 6.35. The summed E-state index contributed by atoms with van der Waals surface area (Å²) in [6.07, 6.45) is 2.54. The number of halogens is 1. The van der Waals surface area contributed by atoms with Gasteiger partial charge in [0.1, 0.15) is 44.9 Å². The molecule has 0 amide bonds. The van der Waals surface area contributed by atoms with Gasteiger partial charge in [-0.15, -0.1) is 0 Å². The molecule has 0 saturated heterocycles. The number of rotatable bonds is 6. The molecule has 32 heavy (non-hydrogen) atoms. The van der Waals surface area contributed by atoms with Crippen LogP contribution in [0.5, 0.6) is 34.5 Å². The summed E-state index contributed by atoms with van der Waals surface area (Å²) in [4.78, 5) is 12.9. The van der Waals surface area contributed by atoms with Crippen LogP contribution in [0.25, 0.3) is 11.1 Å². The third-order valence-corrected chi connectivity index (χ3v) is 6.58. The maximum Gasteiger partial charge on any atom is 0.174 e. The summed E-state index contributed by atoms with van der Waals surface area (Å²) in [5.41, 5.74) is -0.548. The molecule has 3 rings (SSSR count). The number of hydrogen-bond donors (Lipinski definition) is 4. The first kappa shape index (κ1) is 23.9. The average Bonchev–Trinajstić information content (AvgIpc) is 2.75. The Hall–Kier alpha value is -2.80. The van der Waals surface area contributed by atoms with Crippen molar-refractivity contribution in [1.82, 2.24) is 0 Å². The van der Waals surface area contributed by atoms with Crippen molar-refractivity contribution in [3.05, 3.63) is 21.7 Å². The van der Waals surface area contributed by atoms with Crippen LogP contribution in [0.1, 0.15) is 67.9 Å². The second-order valence-electron chi connectivity index (χ2n) is 8.41. The number of hydrogen-bond acceptors (Lipinski definition) is 7. The second-order valence-corrected chi connectivity index (χ2v) is 8.79. The van der Waals surface area contributed by atoms with Gasteiger partial charge < -0.3 is 29.9 Å². The monoisotopic (exact) mass is 464 g/mol. The van der Waals surface area contributed by atoms with Crippen molar-refractivity contribution >= 4 is 17.4 Å². The molecule has 1 atom stereocenters. The predicted octanol–water partition coefficient (Wildman–Crippen LogP) is 5.62. The zero-order valence-corrected chi connectivity index (χ0v) is 19.7. The van der Waals surface area contributed by atoms with Gasteiger partial charge in [-0.3, -0.25) is 4.79 Å². The predicted molar refractivity (Wildman–Crippen MR) is 122 cm³/mol. The summed E-state index contributed by atoms with van der Waals surface area (Å²) in [5.74, 6) is -2.05. The Morgan fingerprint density at radius 1 is 1.03 bits per heavy atom. The van der Waals surface area contributed by atoms with Gasteiger partial charge in [0.15, 0.2) is 11.5 Å². The van der Waals surface area contributed by atoms with Gasteiger partial charge in [-0.2, -0.15) is 0 Å². The van der Waals surface area contributed by atoms with Gasteiger partial charge in [-0.25, -0.2) is 0 Å². The number of ether oxygens (including phenoxy) is 2. The Bertz CT molecular complexity index is 1090. The molecule has 1 heterocycles. The van der Waals surface area contributed by atoms with E-state index in [1.54, 1.807) is 13.8 Å². The van der Waals surface area contributed by atoms with Crippen LogP contribution in [0.4, 0.5) is 0 Å². The van der Waals surface area contributed by atoms with Crippen LogP contribution >= 0.6 is 11.6 Å². The molecule has 1 aliphatic rings. The minimum absolute atomic E-state index is 0.00591. The fourth-order valence-corrected chi connectivity index (χ4v) is 4.35. The number of phenols is 4. The Balaban J connectivity index is 2.46. The van der Waals surface area contributed by atoms with Crippen LogP contribution < -0.4 is 9.47 Å². The van der Waals surface area contributed by atoms with E-state index in [1.165, 1.54) is 7.11 Å². The van der Waals surface area contributed by atoms with Crippen LogP contribution in [-0.2, 0) is 6.42 Å². The quantitative estimate of drug-likeness (QED) is 0.438. The molecule has 8 heteroatoms. The van der Waals surface area contributed by atoms with Crippen LogP contribution in [-0.4, -0.2) is 38.9 Å². The first-order valence-corrected chi connectivity index (χ1v) is 11.0. The van der Waals surface area contributed by atoms with Crippen molar-refractivity contribution < 1.29 is 34.7 Å². The molecule has 0 aromatic heterocycles. The number of ketones is 1. The number of methoxy groups -OCH3 is 1. The maximum atomic E-state index is 12.9. The molecule has 4 N–H and O–H groups in total. The molecule has 0 fully saturated rings. The molecular formula is C24H29ClO7. The molecule has 0 saturated carbocycles. The molecule has 0 aliphatic carbocycles. The van der Waals surface area contributed by atoms with Crippen molar-refractivity contribution in [2.24, 2.45) is 0 Å². The Morgan fingerprint density at radius 2 is 1.66 bits per heavy atom. The van der Waals surface area contributed by atoms with E-state index in [0.29, 0.717) is 29.7 Å². The largest absolute Gasteiger partial charge is 0.507 e. The number of carbonyl (C=O) groups is 1. The summed E-state index contributed by atoms with van der Waals surface area (Å²) >= 11 is 6.17. The number of fused-ring (bicyclic) bond motifs is 1. The molecule has 0 bridgehead atoms. The van der Waals surface area contributed by atoms with Crippen molar-refractivity contribution in [3.63, 3.8) is 0 Å². The van der Waals surface area contributed by atoms with E-state index < -0.39 is 27.9 Å². The van der Waals surface area contributed by atoms with E-state index in [-0.39, 0.29) is 40.4 Å². The topological polar surface area (TPSA) is 116 Å². The van der Waals surface area contributed by atoms with Crippen molar-refractivity contribution in [2.45, 2.75) is 65.4 Å². The summed E-state index contributed by atoms with van der Waals surface area (Å²) in [5, 5.41) is 43.2. The van der Waals surface area contributed by atoms with Crippen molar-refractivity contribution in [3.8, 4) is 45.6 Å². The Kier molecular flexibility index (Phi) is 6.43. The molecule has 2 aromatic carbocycles. The van der Waals surface area contributed by atoms with E-state index in [9.17, 15) is 25.2 Å². The van der Waals surface area contributed by atoms with Crippen LogP contribution in [0.2, 0.25) is 5.02 Å². The van der Waals surface area contributed by atoms with Gasteiger partial charge in [0.05, 0.1) is 24.7 Å². The second kappa shape index (κ2) is 8.62. The lowest BCUT2D eigenvalue weighted by Crippen LogP contribution is -2.38. The van der Waals surface area contributed by atoms with Crippen molar-refractivity contribution in [2.75, 3.05) is 7.11 Å². The molecule has 1 unspecified atom stereocenters. The third-order valence-electron chi connectivity index (χ3n) is 6.22. The molecule has 0 spiro atoms. The summed E-state index contributed by atoms with van der Waals surface area (Å²) in [7, 11) is 1.45. The highest BCUT2D eigenvalue weighted by Crippen LogP contribution is 2.59. The van der Waals surface area contributed by atoms with Crippen LogP contribution in [0, 0.1) is 6.92 Å². The molecule has 7 nitrogen and oxygen atoms in total. The standard InChI is InChI=1S/C24H29ClO7/c1-6-8-9-12-19(28)15(18(27)11(3)22(12)31-5)16-21(30)17(25)20(29)14-13(26)10-24(4,7-2)32-23(14)16/h27-30H,6-10H2,1-5H3. The van der Waals surface area contributed by atoms with E-state index in [2.05, 4.69) is 0 Å². The molecule has 1 aliphatic heterocycles. The van der Waals surface area contributed by atoms with Gasteiger partial charge >= 0.3 is 0 Å². The van der Waals surface area contributed by atoms with Crippen LogP contribution in [0.15, 0.2) is 0 Å². The highest BCUT2D eigenvalue weighted by atomic mass is 35.5. The normalized spacial score (nSPS) is 17.8. The lowest BCUT2D eigenvalue weighted by Gasteiger charge is -2.36. The fraction of sp³-hybridized carbons (Fsp3) is 0.458. The Labute approximate surface area is 192 Å². The SMILES string of the molecule is CCCCc1c(O)c(-c2c(O)c(Cl)c(O)c3c2OC(C)(CC)CC3=O)c(O)c(C)c1OC. The molecule has 174 valence electrons. The fourth-order valence-electron chi connectivity index (χ4n) is 4.16. The number of unbranched alkanes of at least 4 members (excludes halogenated alkanes) is 1. The zero-order chi connectivity index (χ0) is 24.0. The van der Waals surface area contributed by atoms with E-state index in [0.717, 1.165) is 12.8 Å². The maximum absolute atomic E-state index is 12.9. The van der Waals surface area contributed by atoms with Crippen LogP contribution in [0.3, 0.4) is 0 Å². The van der Waals surface area contributed by atoms with Gasteiger partial charge in [-0.05, 0) is 33.1 Å². The Morgan fingerprint density at radius 3 is 2.22 bits per heavy atom.